The van der Waals surface area contributed by atoms with Crippen LogP contribution in [0.4, 0.5) is 0 Å². The van der Waals surface area contributed by atoms with Crippen LogP contribution in [0.5, 0.6) is 23.0 Å². The number of fused-ring (bicyclic) bond motifs is 10. The third-order valence-corrected chi connectivity index (χ3v) is 15.9. The fraction of sp³-hybridized carbons (Fsp3) is 0.405. The van der Waals surface area contributed by atoms with Gasteiger partial charge in [0.05, 0.1) is 13.2 Å². The number of hydrogen-bond donors (Lipinski definition) is 0. The van der Waals surface area contributed by atoms with Crippen LogP contribution in [0.25, 0.3) is 21.5 Å². The molecule has 408 valence electrons. The molecule has 78 heavy (non-hydrogen) atoms. The van der Waals surface area contributed by atoms with E-state index in [0.717, 1.165) is 69.2 Å². The second kappa shape index (κ2) is 22.3. The quantitative estimate of drug-likeness (QED) is 0.122. The highest BCUT2D eigenvalue weighted by atomic mass is 16.5. The molecule has 0 aliphatic heterocycles. The van der Waals surface area contributed by atoms with Gasteiger partial charge in [-0.1, -0.05) is 218 Å². The largest absolute Gasteiger partial charge is 0.493 e. The minimum absolute atomic E-state index is 0.152. The van der Waals surface area contributed by atoms with Crippen LogP contribution < -0.4 is 18.9 Å². The first-order valence-electron chi connectivity index (χ1n) is 29.1. The molecule has 0 amide bonds. The first-order chi connectivity index (χ1) is 36.9. The Morgan fingerprint density at radius 2 is 0.590 bits per heavy atom. The molecule has 0 saturated heterocycles. The van der Waals surface area contributed by atoms with Gasteiger partial charge in [-0.15, -0.1) is 0 Å². The third kappa shape index (κ3) is 12.5. The first kappa shape index (κ1) is 56.2. The molecule has 0 saturated carbocycles. The van der Waals surface area contributed by atoms with Gasteiger partial charge < -0.3 is 18.9 Å². The summed E-state index contributed by atoms with van der Waals surface area (Å²) in [4.78, 5) is 0. The summed E-state index contributed by atoms with van der Waals surface area (Å²) in [5, 5.41) is 4.86. The Hall–Kier alpha value is -6.52. The van der Waals surface area contributed by atoms with Crippen LogP contribution in [-0.2, 0) is 47.3 Å². The lowest BCUT2D eigenvalue weighted by Gasteiger charge is -2.30. The van der Waals surface area contributed by atoms with E-state index in [2.05, 4.69) is 244 Å². The lowest BCUT2D eigenvalue weighted by Crippen LogP contribution is -2.18. The highest BCUT2D eigenvalue weighted by molar-refractivity contribution is 5.84. The number of ether oxygens (including phenoxy) is 4. The Morgan fingerprint density at radius 3 is 0.846 bits per heavy atom. The molecular weight excluding hydrogens is 953 g/mol. The zero-order valence-corrected chi connectivity index (χ0v) is 50.1. The molecular formula is C74H88O4. The van der Waals surface area contributed by atoms with Crippen molar-refractivity contribution in [1.29, 1.82) is 0 Å². The van der Waals surface area contributed by atoms with E-state index in [1.807, 2.05) is 0 Å². The van der Waals surface area contributed by atoms with Crippen molar-refractivity contribution in [3.63, 3.8) is 0 Å². The van der Waals surface area contributed by atoms with Crippen molar-refractivity contribution in [2.45, 2.75) is 183 Å². The molecule has 1 aliphatic rings. The van der Waals surface area contributed by atoms with E-state index in [1.54, 1.807) is 0 Å². The lowest BCUT2D eigenvalue weighted by atomic mass is 9.79. The summed E-state index contributed by atoms with van der Waals surface area (Å²) in [6.45, 7) is 38.1. The normalized spacial score (nSPS) is 14.1. The van der Waals surface area contributed by atoms with Gasteiger partial charge in [-0.05, 0) is 160 Å². The van der Waals surface area contributed by atoms with Crippen molar-refractivity contribution in [3.8, 4) is 23.0 Å². The standard InChI is InChI=1S/C74H88O4/c1-17-31-75-67-55-35-59-43-65(73(11,12)13)45-61(69(59)77-47(3)51-29-27-49-23-19-21-25-53(49)33-51)37-57-41-64(72(8,9)10)42-58(68(57)76-32-18-2)38-62-46-66(74(14,15)16)44-60(36-56(67)40-63(39-55)71(5,6)7)70(62)78-48(4)52-30-28-50-24-20-22-26-54(50)34-52/h19-30,33-34,39-48H,17-18,31-32,35-38H2,1-16H3/t47-,48-/m0/s1. The van der Waals surface area contributed by atoms with Crippen molar-refractivity contribution in [3.05, 3.63) is 211 Å². The smallest absolute Gasteiger partial charge is 0.127 e. The van der Waals surface area contributed by atoms with Gasteiger partial charge in [0.1, 0.15) is 35.2 Å². The van der Waals surface area contributed by atoms with E-state index >= 15 is 0 Å². The van der Waals surface area contributed by atoms with E-state index in [0.29, 0.717) is 38.9 Å². The molecule has 9 rings (SSSR count). The second-order valence-electron chi connectivity index (χ2n) is 26.6. The molecule has 8 bridgehead atoms. The zero-order chi connectivity index (χ0) is 55.9. The van der Waals surface area contributed by atoms with Crippen molar-refractivity contribution in [2.24, 2.45) is 0 Å². The fourth-order valence-corrected chi connectivity index (χ4v) is 11.1. The molecule has 8 aromatic carbocycles. The van der Waals surface area contributed by atoms with Crippen LogP contribution in [0.15, 0.2) is 133 Å². The van der Waals surface area contributed by atoms with Crippen LogP contribution in [0.1, 0.15) is 214 Å². The van der Waals surface area contributed by atoms with Crippen molar-refractivity contribution >= 4 is 21.5 Å². The van der Waals surface area contributed by atoms with Crippen molar-refractivity contribution < 1.29 is 18.9 Å². The topological polar surface area (TPSA) is 36.9 Å². The van der Waals surface area contributed by atoms with E-state index < -0.39 is 0 Å². The maximum atomic E-state index is 7.60. The lowest BCUT2D eigenvalue weighted by molar-refractivity contribution is 0.222. The SMILES string of the molecule is CCCOc1c2cc(C(C)(C)C)cc1Cc1cc(C(C)(C)C)cc(c1O[C@@H](C)c1ccc3ccccc3c1)Cc1cc(C(C)(C)C)cc(c1OCCC)Cc1cc(C(C)(C)C)cc(c1O[C@@H](C)c1ccc3ccccc3c1)C2. The van der Waals surface area contributed by atoms with Crippen LogP contribution in [0, 0.1) is 0 Å². The summed E-state index contributed by atoms with van der Waals surface area (Å²) in [5.41, 5.74) is 16.1. The van der Waals surface area contributed by atoms with Gasteiger partial charge in [0.2, 0.25) is 0 Å². The summed E-state index contributed by atoms with van der Waals surface area (Å²) in [7, 11) is 0. The van der Waals surface area contributed by atoms with Gasteiger partial charge in [0.25, 0.3) is 0 Å². The third-order valence-electron chi connectivity index (χ3n) is 15.9. The number of hydrogen-bond acceptors (Lipinski definition) is 4. The summed E-state index contributed by atoms with van der Waals surface area (Å²) in [6, 6.07) is 50.2. The van der Waals surface area contributed by atoms with E-state index in [-0.39, 0.29) is 33.9 Å². The predicted molar refractivity (Wildman–Crippen MR) is 329 cm³/mol. The van der Waals surface area contributed by atoms with Crippen LogP contribution in [0.3, 0.4) is 0 Å². The van der Waals surface area contributed by atoms with Gasteiger partial charge in [-0.25, -0.2) is 0 Å². The summed E-state index contributed by atoms with van der Waals surface area (Å²) < 4.78 is 29.5. The molecule has 0 aromatic heterocycles. The predicted octanol–water partition coefficient (Wildman–Crippen LogP) is 19.7. The van der Waals surface area contributed by atoms with E-state index in [1.165, 1.54) is 66.1 Å². The molecule has 4 nitrogen and oxygen atoms in total. The van der Waals surface area contributed by atoms with Crippen LogP contribution in [0.2, 0.25) is 0 Å². The van der Waals surface area contributed by atoms with E-state index in [9.17, 15) is 0 Å². The Labute approximate surface area is 468 Å². The van der Waals surface area contributed by atoms with Crippen molar-refractivity contribution in [2.75, 3.05) is 13.2 Å². The second-order valence-corrected chi connectivity index (χ2v) is 26.6. The molecule has 0 unspecified atom stereocenters. The Kier molecular flexibility index (Phi) is 16.1. The summed E-state index contributed by atoms with van der Waals surface area (Å²) >= 11 is 0. The Bertz CT molecular complexity index is 3130. The molecule has 0 radical (unpaired) electrons. The maximum Gasteiger partial charge on any atom is 0.127 e. The molecule has 2 atom stereocenters. The Morgan fingerprint density at radius 1 is 0.333 bits per heavy atom. The van der Waals surface area contributed by atoms with Gasteiger partial charge in [-0.3, -0.25) is 0 Å². The maximum absolute atomic E-state index is 7.60. The Balaban J connectivity index is 1.37. The average molecular weight is 1040 g/mol. The van der Waals surface area contributed by atoms with E-state index in [4.69, 9.17) is 18.9 Å². The highest BCUT2D eigenvalue weighted by Gasteiger charge is 2.31. The average Bonchev–Trinajstić information content (AvgIpc) is 3.43. The monoisotopic (exact) mass is 1040 g/mol. The molecule has 0 N–H and O–H groups in total. The minimum Gasteiger partial charge on any atom is -0.493 e. The molecule has 0 heterocycles. The van der Waals surface area contributed by atoms with Crippen LogP contribution in [-0.4, -0.2) is 13.2 Å². The molecule has 0 fully saturated rings. The number of benzene rings is 8. The minimum atomic E-state index is -0.241. The first-order valence-corrected chi connectivity index (χ1v) is 29.1. The van der Waals surface area contributed by atoms with Gasteiger partial charge in [0, 0.05) is 25.7 Å². The molecule has 8 aromatic rings. The van der Waals surface area contributed by atoms with Crippen LogP contribution >= 0.6 is 0 Å². The van der Waals surface area contributed by atoms with Gasteiger partial charge in [-0.2, -0.15) is 0 Å². The fourth-order valence-electron chi connectivity index (χ4n) is 11.1. The molecule has 4 heteroatoms. The zero-order valence-electron chi connectivity index (χ0n) is 50.1. The van der Waals surface area contributed by atoms with Crippen molar-refractivity contribution in [1.82, 2.24) is 0 Å². The van der Waals surface area contributed by atoms with Gasteiger partial charge >= 0.3 is 0 Å². The molecule has 1 aliphatic carbocycles. The summed E-state index contributed by atoms with van der Waals surface area (Å²) in [5.74, 6) is 3.78. The molecule has 0 spiro atoms. The highest BCUT2D eigenvalue weighted by Crippen LogP contribution is 2.46. The van der Waals surface area contributed by atoms with Gasteiger partial charge in [0.15, 0.2) is 0 Å². The summed E-state index contributed by atoms with van der Waals surface area (Å²) in [6.07, 6.45) is 3.77. The number of rotatable bonds is 12.